The highest BCUT2D eigenvalue weighted by Gasteiger charge is 2.33. The fraction of sp³-hybridized carbons (Fsp3) is 0.706. The van der Waals surface area contributed by atoms with Crippen molar-refractivity contribution in [1.29, 1.82) is 0 Å². The smallest absolute Gasteiger partial charge is 0.230 e. The molecule has 3 rings (SSSR count). The molecule has 1 aliphatic rings. The first-order valence-corrected chi connectivity index (χ1v) is 8.45. The van der Waals surface area contributed by atoms with E-state index >= 15 is 0 Å². The molecule has 2 aromatic rings. The summed E-state index contributed by atoms with van der Waals surface area (Å²) in [5.74, 6) is 2.20. The van der Waals surface area contributed by atoms with Crippen LogP contribution >= 0.6 is 0 Å². The molecule has 7 heteroatoms. The molecule has 1 atom stereocenters. The Kier molecular flexibility index (Phi) is 4.38. The van der Waals surface area contributed by atoms with Gasteiger partial charge in [-0.3, -0.25) is 4.90 Å². The first kappa shape index (κ1) is 17.0. The van der Waals surface area contributed by atoms with Crippen LogP contribution in [0.25, 0.3) is 0 Å². The van der Waals surface area contributed by atoms with Crippen molar-refractivity contribution < 1.29 is 9.15 Å². The molecule has 0 unspecified atom stereocenters. The van der Waals surface area contributed by atoms with Gasteiger partial charge in [0.05, 0.1) is 24.9 Å². The molecule has 0 amide bonds. The molecule has 0 aliphatic carbocycles. The van der Waals surface area contributed by atoms with Gasteiger partial charge in [0.25, 0.3) is 0 Å². The van der Waals surface area contributed by atoms with E-state index in [-0.39, 0.29) is 11.5 Å². The third-order valence-electron chi connectivity index (χ3n) is 4.55. The van der Waals surface area contributed by atoms with E-state index in [4.69, 9.17) is 9.15 Å². The predicted molar refractivity (Wildman–Crippen MR) is 89.9 cm³/mol. The first-order chi connectivity index (χ1) is 11.3. The van der Waals surface area contributed by atoms with Gasteiger partial charge in [0.1, 0.15) is 0 Å². The van der Waals surface area contributed by atoms with Crippen molar-refractivity contribution in [2.75, 3.05) is 13.7 Å². The standard InChI is InChI=1S/C17H27N5O2/c1-11-14(15(23-6)21(5)20-11)12-8-7-9-22(12)10-13-18-19-16(24-13)17(2,3)4/h12H,7-10H2,1-6H3/t12-/m1/s1. The van der Waals surface area contributed by atoms with Gasteiger partial charge in [0.2, 0.25) is 17.7 Å². The molecule has 1 aliphatic heterocycles. The minimum Gasteiger partial charge on any atom is -0.481 e. The van der Waals surface area contributed by atoms with Crippen molar-refractivity contribution in [3.8, 4) is 5.88 Å². The molecule has 0 radical (unpaired) electrons. The maximum atomic E-state index is 5.87. The summed E-state index contributed by atoms with van der Waals surface area (Å²) in [7, 11) is 3.62. The summed E-state index contributed by atoms with van der Waals surface area (Å²) in [4.78, 5) is 2.38. The topological polar surface area (TPSA) is 69.2 Å². The maximum absolute atomic E-state index is 5.87. The van der Waals surface area contributed by atoms with E-state index in [0.717, 1.165) is 31.0 Å². The van der Waals surface area contributed by atoms with Crippen molar-refractivity contribution >= 4 is 0 Å². The normalized spacial score (nSPS) is 19.2. The zero-order chi connectivity index (χ0) is 17.5. The maximum Gasteiger partial charge on any atom is 0.230 e. The van der Waals surface area contributed by atoms with Gasteiger partial charge in [0.15, 0.2) is 0 Å². The Bertz CT molecular complexity index is 713. The second kappa shape index (κ2) is 6.20. The van der Waals surface area contributed by atoms with E-state index in [9.17, 15) is 0 Å². The van der Waals surface area contributed by atoms with E-state index in [1.807, 2.05) is 18.7 Å². The first-order valence-electron chi connectivity index (χ1n) is 8.45. The number of hydrogen-bond acceptors (Lipinski definition) is 6. The number of methoxy groups -OCH3 is 1. The van der Waals surface area contributed by atoms with Crippen LogP contribution < -0.4 is 4.74 Å². The van der Waals surface area contributed by atoms with E-state index in [1.54, 1.807) is 7.11 Å². The highest BCUT2D eigenvalue weighted by atomic mass is 16.5. The van der Waals surface area contributed by atoms with Crippen LogP contribution in [0, 0.1) is 6.92 Å². The molecule has 0 N–H and O–H groups in total. The number of aryl methyl sites for hydroxylation is 2. The van der Waals surface area contributed by atoms with Crippen molar-refractivity contribution in [2.45, 2.75) is 58.5 Å². The minimum atomic E-state index is -0.126. The number of hydrogen-bond donors (Lipinski definition) is 0. The minimum absolute atomic E-state index is 0.126. The number of ether oxygens (including phenoxy) is 1. The van der Waals surface area contributed by atoms with Gasteiger partial charge in [-0.05, 0) is 26.3 Å². The lowest BCUT2D eigenvalue weighted by Gasteiger charge is -2.23. The molecule has 1 saturated heterocycles. The fourth-order valence-corrected chi connectivity index (χ4v) is 3.42. The zero-order valence-electron chi connectivity index (χ0n) is 15.5. The summed E-state index contributed by atoms with van der Waals surface area (Å²) < 4.78 is 13.3. The number of rotatable bonds is 4. The largest absolute Gasteiger partial charge is 0.481 e. The number of nitrogens with zero attached hydrogens (tertiary/aromatic N) is 5. The second-order valence-corrected chi connectivity index (χ2v) is 7.51. The monoisotopic (exact) mass is 333 g/mol. The van der Waals surface area contributed by atoms with Gasteiger partial charge in [-0.15, -0.1) is 10.2 Å². The van der Waals surface area contributed by atoms with Gasteiger partial charge in [0, 0.05) is 18.5 Å². The lowest BCUT2D eigenvalue weighted by Crippen LogP contribution is -2.23. The summed E-state index contributed by atoms with van der Waals surface area (Å²) in [6.45, 7) is 9.94. The van der Waals surface area contributed by atoms with Crippen LogP contribution in [-0.4, -0.2) is 38.5 Å². The van der Waals surface area contributed by atoms with E-state index in [0.29, 0.717) is 18.3 Å². The van der Waals surface area contributed by atoms with Crippen LogP contribution in [0.4, 0.5) is 0 Å². The zero-order valence-corrected chi connectivity index (χ0v) is 15.5. The van der Waals surface area contributed by atoms with Crippen LogP contribution in [0.1, 0.15) is 62.7 Å². The van der Waals surface area contributed by atoms with Crippen LogP contribution in [0.2, 0.25) is 0 Å². The highest BCUT2D eigenvalue weighted by Crippen LogP contribution is 2.39. The molecule has 0 saturated carbocycles. The van der Waals surface area contributed by atoms with Crippen molar-refractivity contribution in [2.24, 2.45) is 7.05 Å². The Morgan fingerprint density at radius 3 is 2.67 bits per heavy atom. The van der Waals surface area contributed by atoms with Crippen molar-refractivity contribution in [3.05, 3.63) is 23.0 Å². The Morgan fingerprint density at radius 1 is 1.29 bits per heavy atom. The van der Waals surface area contributed by atoms with E-state index < -0.39 is 0 Å². The van der Waals surface area contributed by atoms with Gasteiger partial charge in [-0.25, -0.2) is 4.68 Å². The highest BCUT2D eigenvalue weighted by molar-refractivity contribution is 5.35. The number of likely N-dealkylation sites (tertiary alicyclic amines) is 1. The summed E-state index contributed by atoms with van der Waals surface area (Å²) >= 11 is 0. The molecule has 1 fully saturated rings. The molecular formula is C17H27N5O2. The number of aromatic nitrogens is 4. The van der Waals surface area contributed by atoms with Crippen LogP contribution in [-0.2, 0) is 19.0 Å². The van der Waals surface area contributed by atoms with Gasteiger partial charge < -0.3 is 9.15 Å². The Morgan fingerprint density at radius 2 is 2.04 bits per heavy atom. The molecular weight excluding hydrogens is 306 g/mol. The molecule has 132 valence electrons. The molecule has 7 nitrogen and oxygen atoms in total. The van der Waals surface area contributed by atoms with Gasteiger partial charge >= 0.3 is 0 Å². The molecule has 24 heavy (non-hydrogen) atoms. The molecule has 0 spiro atoms. The Labute approximate surface area is 143 Å². The molecule has 3 heterocycles. The van der Waals surface area contributed by atoms with E-state index in [1.165, 1.54) is 5.56 Å². The molecule has 0 aromatic carbocycles. The summed E-state index contributed by atoms with van der Waals surface area (Å²) in [6.07, 6.45) is 2.23. The van der Waals surface area contributed by atoms with Gasteiger partial charge in [-0.2, -0.15) is 5.10 Å². The van der Waals surface area contributed by atoms with E-state index in [2.05, 4.69) is 41.0 Å². The average Bonchev–Trinajstić information content (AvgIpc) is 3.18. The molecule has 2 aromatic heterocycles. The third kappa shape index (κ3) is 3.05. The summed E-state index contributed by atoms with van der Waals surface area (Å²) in [6, 6.07) is 0.277. The molecule has 0 bridgehead atoms. The average molecular weight is 333 g/mol. The van der Waals surface area contributed by atoms with Crippen LogP contribution in [0.15, 0.2) is 4.42 Å². The second-order valence-electron chi connectivity index (χ2n) is 7.51. The quantitative estimate of drug-likeness (QED) is 0.857. The Balaban J connectivity index is 1.83. The summed E-state index contributed by atoms with van der Waals surface area (Å²) in [5, 5.41) is 13.0. The predicted octanol–water partition coefficient (Wildman–Crippen LogP) is 2.75. The lowest BCUT2D eigenvalue weighted by atomic mass is 9.97. The Hall–Kier alpha value is -1.89. The fourth-order valence-electron chi connectivity index (χ4n) is 3.42. The lowest BCUT2D eigenvalue weighted by molar-refractivity contribution is 0.213. The van der Waals surface area contributed by atoms with Crippen LogP contribution in [0.3, 0.4) is 0 Å². The van der Waals surface area contributed by atoms with Crippen LogP contribution in [0.5, 0.6) is 5.88 Å². The van der Waals surface area contributed by atoms with Crippen molar-refractivity contribution in [1.82, 2.24) is 24.9 Å². The third-order valence-corrected chi connectivity index (χ3v) is 4.55. The van der Waals surface area contributed by atoms with Gasteiger partial charge in [-0.1, -0.05) is 20.8 Å². The van der Waals surface area contributed by atoms with Crippen molar-refractivity contribution in [3.63, 3.8) is 0 Å². The SMILES string of the molecule is COc1c([C@H]2CCCN2Cc2nnc(C(C)(C)C)o2)c(C)nn1C. The summed E-state index contributed by atoms with van der Waals surface area (Å²) in [5.41, 5.74) is 2.07.